The molecule has 1 fully saturated rings. The van der Waals surface area contributed by atoms with Gasteiger partial charge in [-0.1, -0.05) is 12.1 Å². The van der Waals surface area contributed by atoms with Gasteiger partial charge in [-0.05, 0) is 12.1 Å². The van der Waals surface area contributed by atoms with Crippen LogP contribution in [0.4, 0.5) is 0 Å². The van der Waals surface area contributed by atoms with E-state index in [2.05, 4.69) is 4.98 Å². The lowest BCUT2D eigenvalue weighted by Crippen LogP contribution is -2.40. The van der Waals surface area contributed by atoms with Crippen LogP contribution in [0, 0.1) is 0 Å². The maximum absolute atomic E-state index is 12.1. The molecule has 0 saturated carbocycles. The normalized spacial score (nSPS) is 25.2. The predicted octanol–water partition coefficient (Wildman–Crippen LogP) is 0.901. The topological polar surface area (TPSA) is 135 Å². The predicted molar refractivity (Wildman–Crippen MR) is 101 cm³/mol. The molecule has 4 rings (SSSR count). The summed E-state index contributed by atoms with van der Waals surface area (Å²) in [5, 5.41) is 0. The summed E-state index contributed by atoms with van der Waals surface area (Å²) in [6, 6.07) is 7.12. The molecule has 2 aliphatic heterocycles. The highest BCUT2D eigenvalue weighted by Crippen LogP contribution is 2.47. The van der Waals surface area contributed by atoms with Gasteiger partial charge in [-0.25, -0.2) is 9.59 Å². The molecule has 11 nitrogen and oxygen atoms in total. The number of esters is 1. The van der Waals surface area contributed by atoms with E-state index in [1.54, 1.807) is 24.3 Å². The number of rotatable bonds is 5. The van der Waals surface area contributed by atoms with E-state index in [0.717, 1.165) is 0 Å². The van der Waals surface area contributed by atoms with Crippen LogP contribution in [0.3, 0.4) is 0 Å². The van der Waals surface area contributed by atoms with Crippen molar-refractivity contribution >= 4 is 20.5 Å². The lowest BCUT2D eigenvalue weighted by molar-refractivity contribution is -0.151. The number of H-pyrrole nitrogens is 1. The third-order valence-corrected chi connectivity index (χ3v) is 5.54. The number of nitrogens with zero attached hydrogens (tertiary/aromatic N) is 1. The molecule has 0 aliphatic carbocycles. The zero-order valence-corrected chi connectivity index (χ0v) is 16.6. The number of hydrogen-bond acceptors (Lipinski definition) is 9. The van der Waals surface area contributed by atoms with Gasteiger partial charge < -0.3 is 18.5 Å². The molecule has 2 aliphatic rings. The second-order valence-electron chi connectivity index (χ2n) is 6.52. The van der Waals surface area contributed by atoms with Gasteiger partial charge in [0, 0.05) is 19.2 Å². The van der Waals surface area contributed by atoms with Gasteiger partial charge in [0.15, 0.2) is 6.10 Å². The number of nitrogens with one attached hydrogen (secondary N) is 1. The number of benzene rings is 1. The summed E-state index contributed by atoms with van der Waals surface area (Å²) < 4.78 is 28.5. The summed E-state index contributed by atoms with van der Waals surface area (Å²) >= 11 is 0. The average molecular weight is 436 g/mol. The molecule has 0 amide bonds. The number of fused-ring (bicyclic) bond motifs is 1. The maximum Gasteiger partial charge on any atom is 0.465 e. The zero-order chi connectivity index (χ0) is 21.3. The second kappa shape index (κ2) is 8.39. The Morgan fingerprint density at radius 3 is 2.80 bits per heavy atom. The van der Waals surface area contributed by atoms with E-state index in [1.807, 2.05) is 0 Å². The Bertz CT molecular complexity index is 1080. The van der Waals surface area contributed by atoms with Crippen LogP contribution in [0.15, 0.2) is 46.1 Å². The fourth-order valence-electron chi connectivity index (χ4n) is 3.19. The Kier molecular flexibility index (Phi) is 5.67. The molecule has 0 spiro atoms. The van der Waals surface area contributed by atoms with Crippen LogP contribution in [0.2, 0.25) is 0 Å². The fourth-order valence-corrected chi connectivity index (χ4v) is 4.16. The van der Waals surface area contributed by atoms with E-state index >= 15 is 0 Å². The molecule has 30 heavy (non-hydrogen) atoms. The largest absolute Gasteiger partial charge is 0.465 e. The van der Waals surface area contributed by atoms with Crippen LogP contribution in [0.1, 0.15) is 23.3 Å². The molecular weight excluding hydrogens is 419 g/mol. The molecule has 12 heteroatoms. The summed E-state index contributed by atoms with van der Waals surface area (Å²) in [6.45, 7) is 1.16. The van der Waals surface area contributed by atoms with Gasteiger partial charge in [0.05, 0.1) is 13.2 Å². The van der Waals surface area contributed by atoms with E-state index in [0.29, 0.717) is 11.3 Å². The lowest BCUT2D eigenvalue weighted by Gasteiger charge is -2.26. The first-order chi connectivity index (χ1) is 14.4. The molecule has 2 aromatic rings. The first-order valence-corrected chi connectivity index (χ1v) is 10.0. The quantitative estimate of drug-likeness (QED) is 0.536. The van der Waals surface area contributed by atoms with Crippen molar-refractivity contribution in [3.05, 3.63) is 62.9 Å². The minimum atomic E-state index is -2.02. The van der Waals surface area contributed by atoms with E-state index in [9.17, 15) is 19.2 Å². The van der Waals surface area contributed by atoms with E-state index in [1.165, 1.54) is 23.8 Å². The monoisotopic (exact) mass is 436 g/mol. The molecule has 0 bridgehead atoms. The maximum atomic E-state index is 12.1. The van der Waals surface area contributed by atoms with E-state index in [4.69, 9.17) is 23.0 Å². The smallest absolute Gasteiger partial charge is 0.457 e. The summed E-state index contributed by atoms with van der Waals surface area (Å²) in [5.41, 5.74) is -0.897. The zero-order valence-electron chi connectivity index (χ0n) is 15.7. The van der Waals surface area contributed by atoms with Crippen molar-refractivity contribution in [2.45, 2.75) is 25.2 Å². The molecule has 1 aromatic carbocycles. The summed E-state index contributed by atoms with van der Waals surface area (Å²) in [7, 11) is -2.02. The van der Waals surface area contributed by atoms with Gasteiger partial charge in [-0.15, -0.1) is 0 Å². The van der Waals surface area contributed by atoms with E-state index < -0.39 is 50.0 Å². The highest BCUT2D eigenvalue weighted by atomic mass is 31.2. The lowest BCUT2D eigenvalue weighted by atomic mass is 10.1. The Balaban J connectivity index is 1.47. The number of para-hydroxylation sites is 1. The Labute approximate surface area is 170 Å². The highest BCUT2D eigenvalue weighted by molar-refractivity contribution is 7.43. The Morgan fingerprint density at radius 1 is 1.23 bits per heavy atom. The molecule has 158 valence electrons. The van der Waals surface area contributed by atoms with Crippen molar-refractivity contribution in [2.24, 2.45) is 0 Å². The molecular formula is C18H17N2O9P. The Hall–Kier alpha value is -3.01. The third kappa shape index (κ3) is 4.13. The summed E-state index contributed by atoms with van der Waals surface area (Å²) in [5.74, 6) is -0.788. The van der Waals surface area contributed by atoms with Gasteiger partial charge >= 0.3 is 26.2 Å². The number of aromatic amines is 1. The standard InChI is InChI=1S/C18H17N2O9P/c1-10(21)27-16-12(20-7-6-15(22)19-18(20)24)8-25-14(16)9-26-30-28-13-5-3-2-4-11(13)17(23)29-30/h2-7,12,14,16H,8-9H2,1H3,(H,19,22,24)/t12-,14-,16+,30?/m0/s1. The SMILES string of the molecule is CC(=O)O[C@H]1[C@H](COP2OC(=O)c3ccccc3O2)OC[C@@H]1n1ccc(=O)[nH]c1=O. The van der Waals surface area contributed by atoms with Gasteiger partial charge in [0.1, 0.15) is 23.5 Å². The average Bonchev–Trinajstić information content (AvgIpc) is 3.08. The minimum absolute atomic E-state index is 0.0410. The molecule has 1 saturated heterocycles. The fraction of sp³-hybridized carbons (Fsp3) is 0.333. The molecule has 4 atom stereocenters. The number of aromatic nitrogens is 2. The minimum Gasteiger partial charge on any atom is -0.457 e. The van der Waals surface area contributed by atoms with Crippen molar-refractivity contribution < 1.29 is 32.6 Å². The first kappa shape index (κ1) is 20.3. The first-order valence-electron chi connectivity index (χ1n) is 8.95. The van der Waals surface area contributed by atoms with Gasteiger partial charge in [-0.3, -0.25) is 23.7 Å². The van der Waals surface area contributed by atoms with Crippen molar-refractivity contribution in [3.63, 3.8) is 0 Å². The van der Waals surface area contributed by atoms with Crippen molar-refractivity contribution in [3.8, 4) is 5.75 Å². The Morgan fingerprint density at radius 2 is 2.03 bits per heavy atom. The summed E-state index contributed by atoms with van der Waals surface area (Å²) in [4.78, 5) is 49.3. The third-order valence-electron chi connectivity index (χ3n) is 4.52. The molecule has 1 unspecified atom stereocenters. The number of hydrogen-bond donors (Lipinski definition) is 1. The molecule has 0 radical (unpaired) electrons. The van der Waals surface area contributed by atoms with Crippen molar-refractivity contribution in [1.82, 2.24) is 9.55 Å². The molecule has 3 heterocycles. The number of ether oxygens (including phenoxy) is 2. The number of carbonyl (C=O) groups excluding carboxylic acids is 2. The van der Waals surface area contributed by atoms with Crippen LogP contribution in [0.25, 0.3) is 0 Å². The van der Waals surface area contributed by atoms with Crippen LogP contribution < -0.4 is 15.8 Å². The highest BCUT2D eigenvalue weighted by Gasteiger charge is 2.43. The van der Waals surface area contributed by atoms with Crippen LogP contribution in [-0.4, -0.2) is 46.9 Å². The van der Waals surface area contributed by atoms with Gasteiger partial charge in [-0.2, -0.15) is 0 Å². The van der Waals surface area contributed by atoms with Crippen molar-refractivity contribution in [1.29, 1.82) is 0 Å². The number of carbonyl (C=O) groups is 2. The van der Waals surface area contributed by atoms with Crippen LogP contribution in [-0.2, 0) is 23.3 Å². The van der Waals surface area contributed by atoms with Gasteiger partial charge in [0.2, 0.25) is 0 Å². The van der Waals surface area contributed by atoms with Crippen molar-refractivity contribution in [2.75, 3.05) is 13.2 Å². The molecule has 1 aromatic heterocycles. The van der Waals surface area contributed by atoms with Crippen LogP contribution >= 0.6 is 8.60 Å². The second-order valence-corrected chi connectivity index (χ2v) is 7.59. The van der Waals surface area contributed by atoms with E-state index in [-0.39, 0.29) is 13.2 Å². The summed E-state index contributed by atoms with van der Waals surface area (Å²) in [6.07, 6.45) is -0.310. The molecule has 1 N–H and O–H groups in total. The van der Waals surface area contributed by atoms with Crippen LogP contribution in [0.5, 0.6) is 5.75 Å². The van der Waals surface area contributed by atoms with Gasteiger partial charge in [0.25, 0.3) is 5.56 Å².